The summed E-state index contributed by atoms with van der Waals surface area (Å²) in [5.74, 6) is -0.303. The predicted octanol–water partition coefficient (Wildman–Crippen LogP) is 6.88. The molecule has 3 heterocycles. The van der Waals surface area contributed by atoms with Crippen molar-refractivity contribution in [1.29, 1.82) is 0 Å². The van der Waals surface area contributed by atoms with Gasteiger partial charge in [-0.15, -0.1) is 0 Å². The minimum Gasteiger partial charge on any atom is -0.394 e. The van der Waals surface area contributed by atoms with Gasteiger partial charge in [-0.1, -0.05) is 211 Å². The van der Waals surface area contributed by atoms with Crippen molar-refractivity contribution in [2.45, 2.75) is 330 Å². The number of rotatable bonds is 48. The summed E-state index contributed by atoms with van der Waals surface area (Å²) in [6, 6.07) is -0.990. The molecule has 1 amide bonds. The third-order valence-corrected chi connectivity index (χ3v) is 16.2. The molecule has 0 aromatic heterocycles. The van der Waals surface area contributed by atoms with E-state index in [4.69, 9.17) is 28.4 Å². The van der Waals surface area contributed by atoms with Gasteiger partial charge >= 0.3 is 0 Å². The smallest absolute Gasteiger partial charge is 0.220 e. The van der Waals surface area contributed by atoms with Gasteiger partial charge in [0.15, 0.2) is 18.9 Å². The Balaban J connectivity index is 1.34. The molecule has 0 saturated carbocycles. The molecule has 0 spiro atoms. The summed E-state index contributed by atoms with van der Waals surface area (Å²) < 4.78 is 34.1. The number of carbonyl (C=O) groups excluding carboxylic acids is 1. The van der Waals surface area contributed by atoms with Gasteiger partial charge < -0.3 is 89.9 Å². The summed E-state index contributed by atoms with van der Waals surface area (Å²) in [6.07, 6.45) is 25.3. The Morgan fingerprint density at radius 3 is 1.22 bits per heavy atom. The molecule has 19 heteroatoms. The van der Waals surface area contributed by atoms with Gasteiger partial charge in [0.05, 0.1) is 38.6 Å². The maximum Gasteiger partial charge on any atom is 0.220 e. The Kier molecular flexibility index (Phi) is 41.8. The number of nitrogens with one attached hydrogen (secondary N) is 1. The molecule has 0 aromatic rings. The van der Waals surface area contributed by atoms with Crippen LogP contribution in [0.4, 0.5) is 0 Å². The Bertz CT molecular complexity index is 1640. The topological polar surface area (TPSA) is 307 Å². The maximum absolute atomic E-state index is 13.1. The minimum atomic E-state index is -1.98. The standard InChI is InChI=1S/C63H115NO18/c1-3-5-7-9-10-11-12-13-14-15-16-17-18-19-20-21-22-23-24-25-26-27-28-29-30-31-32-33-34-35-37-38-40-47(68)46(64-51(69)41-39-36-8-6-4-2)45-77-61-57(75)54(72)59(49(43-66)79-61)82-63-58(76)55(73)60(50(44-67)80-63)81-62-56(74)53(71)52(70)48(42-65)78-62/h29-30,33-34,38,40,46-50,52-63,65-68,70-76H,3-28,31-32,35-37,39,41-45H2,1-2H3,(H,64,69)/b30-29+,34-33+,40-38+. The van der Waals surface area contributed by atoms with Gasteiger partial charge in [0.1, 0.15) is 73.2 Å². The Hall–Kier alpha value is -1.99. The largest absolute Gasteiger partial charge is 0.394 e. The van der Waals surface area contributed by atoms with Crippen molar-refractivity contribution in [2.75, 3.05) is 26.4 Å². The van der Waals surface area contributed by atoms with E-state index in [-0.39, 0.29) is 18.9 Å². The van der Waals surface area contributed by atoms with Crippen LogP contribution in [0.15, 0.2) is 36.5 Å². The lowest BCUT2D eigenvalue weighted by Crippen LogP contribution is -2.66. The van der Waals surface area contributed by atoms with Crippen LogP contribution >= 0.6 is 0 Å². The third-order valence-electron chi connectivity index (χ3n) is 16.2. The number of aliphatic hydroxyl groups is 11. The fourth-order valence-electron chi connectivity index (χ4n) is 10.9. The van der Waals surface area contributed by atoms with E-state index in [9.17, 15) is 61.0 Å². The van der Waals surface area contributed by atoms with E-state index in [1.807, 2.05) is 6.08 Å². The van der Waals surface area contributed by atoms with E-state index in [1.165, 1.54) is 141 Å². The highest BCUT2D eigenvalue weighted by molar-refractivity contribution is 5.76. The summed E-state index contributed by atoms with van der Waals surface area (Å²) >= 11 is 0. The number of hydrogen-bond donors (Lipinski definition) is 12. The van der Waals surface area contributed by atoms with Crippen LogP contribution in [-0.2, 0) is 33.2 Å². The zero-order valence-corrected chi connectivity index (χ0v) is 50.2. The second-order valence-electron chi connectivity index (χ2n) is 23.2. The van der Waals surface area contributed by atoms with Crippen LogP contribution in [0.2, 0.25) is 0 Å². The van der Waals surface area contributed by atoms with Crippen LogP contribution in [-0.4, -0.2) is 193 Å². The van der Waals surface area contributed by atoms with Gasteiger partial charge in [-0.05, 0) is 44.9 Å². The highest BCUT2D eigenvalue weighted by atomic mass is 16.8. The molecule has 17 unspecified atom stereocenters. The third kappa shape index (κ3) is 29.1. The molecule has 3 saturated heterocycles. The molecule has 0 radical (unpaired) electrons. The molecule has 0 aromatic carbocycles. The zero-order chi connectivity index (χ0) is 59.7. The molecule has 19 nitrogen and oxygen atoms in total. The molecule has 82 heavy (non-hydrogen) atoms. The Morgan fingerprint density at radius 1 is 0.427 bits per heavy atom. The number of hydrogen-bond acceptors (Lipinski definition) is 18. The summed E-state index contributed by atoms with van der Waals surface area (Å²) in [5, 5.41) is 120. The molecule has 480 valence electrons. The highest BCUT2D eigenvalue weighted by Crippen LogP contribution is 2.33. The van der Waals surface area contributed by atoms with Crippen LogP contribution in [0.5, 0.6) is 0 Å². The number of unbranched alkanes of at least 4 members (excludes halogenated alkanes) is 28. The number of carbonyl (C=O) groups is 1. The van der Waals surface area contributed by atoms with E-state index in [1.54, 1.807) is 6.08 Å². The lowest BCUT2D eigenvalue weighted by Gasteiger charge is -2.48. The predicted molar refractivity (Wildman–Crippen MR) is 314 cm³/mol. The molecule has 0 aliphatic carbocycles. The van der Waals surface area contributed by atoms with E-state index in [0.29, 0.717) is 12.8 Å². The van der Waals surface area contributed by atoms with Crippen LogP contribution in [0.25, 0.3) is 0 Å². The number of aliphatic hydroxyl groups excluding tert-OH is 11. The SMILES string of the molecule is CCCCCCCCCCCCCCCCCCCCCCCC/C=C/CC/C=C/CC/C=C/C(O)C(COC1OC(CO)C(OC2OC(CO)C(OC3OC(CO)C(O)C(O)C3O)C(O)C2O)C(O)C1O)NC(=O)CCCCCCC. The van der Waals surface area contributed by atoms with Gasteiger partial charge in [-0.25, -0.2) is 0 Å². The summed E-state index contributed by atoms with van der Waals surface area (Å²) in [6.45, 7) is 1.59. The molecular weight excluding hydrogens is 1060 g/mol. The number of ether oxygens (including phenoxy) is 6. The first-order chi connectivity index (χ1) is 39.8. The van der Waals surface area contributed by atoms with E-state index >= 15 is 0 Å². The van der Waals surface area contributed by atoms with Crippen molar-refractivity contribution in [1.82, 2.24) is 5.32 Å². The second-order valence-corrected chi connectivity index (χ2v) is 23.2. The van der Waals surface area contributed by atoms with Crippen LogP contribution in [0.3, 0.4) is 0 Å². The monoisotopic (exact) mass is 1170 g/mol. The molecule has 3 aliphatic heterocycles. The van der Waals surface area contributed by atoms with Gasteiger partial charge in [-0.2, -0.15) is 0 Å². The molecule has 17 atom stereocenters. The fourth-order valence-corrected chi connectivity index (χ4v) is 10.9. The van der Waals surface area contributed by atoms with Crippen molar-refractivity contribution in [3.63, 3.8) is 0 Å². The normalized spacial score (nSPS) is 29.8. The van der Waals surface area contributed by atoms with E-state index in [0.717, 1.165) is 51.4 Å². The zero-order valence-electron chi connectivity index (χ0n) is 50.2. The number of allylic oxidation sites excluding steroid dienone is 5. The summed E-state index contributed by atoms with van der Waals surface area (Å²) in [5.41, 5.74) is 0. The van der Waals surface area contributed by atoms with Crippen LogP contribution < -0.4 is 5.32 Å². The highest BCUT2D eigenvalue weighted by Gasteiger charge is 2.53. The van der Waals surface area contributed by atoms with Crippen molar-refractivity contribution in [3.8, 4) is 0 Å². The quantitative estimate of drug-likeness (QED) is 0.0218. The van der Waals surface area contributed by atoms with Crippen molar-refractivity contribution in [2.24, 2.45) is 0 Å². The molecular formula is C63H115NO18. The van der Waals surface area contributed by atoms with Gasteiger partial charge in [0, 0.05) is 6.42 Å². The van der Waals surface area contributed by atoms with Crippen LogP contribution in [0.1, 0.15) is 226 Å². The van der Waals surface area contributed by atoms with Gasteiger partial charge in [0.25, 0.3) is 0 Å². The first-order valence-corrected chi connectivity index (χ1v) is 32.2. The van der Waals surface area contributed by atoms with Gasteiger partial charge in [-0.3, -0.25) is 4.79 Å². The minimum absolute atomic E-state index is 0.227. The lowest BCUT2D eigenvalue weighted by atomic mass is 9.96. The van der Waals surface area contributed by atoms with Crippen molar-refractivity contribution >= 4 is 5.91 Å². The Labute approximate surface area is 491 Å². The molecule has 3 rings (SSSR count). The molecule has 3 fully saturated rings. The molecule has 0 bridgehead atoms. The molecule has 12 N–H and O–H groups in total. The summed E-state index contributed by atoms with van der Waals surface area (Å²) in [7, 11) is 0. The van der Waals surface area contributed by atoms with E-state index < -0.39 is 124 Å². The van der Waals surface area contributed by atoms with Gasteiger partial charge in [0.2, 0.25) is 5.91 Å². The first kappa shape index (κ1) is 74.3. The van der Waals surface area contributed by atoms with Crippen molar-refractivity contribution in [3.05, 3.63) is 36.5 Å². The summed E-state index contributed by atoms with van der Waals surface area (Å²) in [4.78, 5) is 13.1. The van der Waals surface area contributed by atoms with Crippen LogP contribution in [0, 0.1) is 0 Å². The number of amides is 1. The van der Waals surface area contributed by atoms with E-state index in [2.05, 4.69) is 43.5 Å². The average Bonchev–Trinajstić information content (AvgIpc) is 3.54. The van der Waals surface area contributed by atoms with Crippen molar-refractivity contribution < 1.29 is 89.4 Å². The Morgan fingerprint density at radius 2 is 0.780 bits per heavy atom. The maximum atomic E-state index is 13.1. The lowest BCUT2D eigenvalue weighted by molar-refractivity contribution is -0.379. The average molecular weight is 1170 g/mol. The first-order valence-electron chi connectivity index (χ1n) is 32.2. The fraction of sp³-hybridized carbons (Fsp3) is 0.889. The molecule has 3 aliphatic rings. The second kappa shape index (κ2) is 46.2.